The molecule has 3 aromatic carbocycles. The minimum absolute atomic E-state index is 0.119. The van der Waals surface area contributed by atoms with E-state index in [2.05, 4.69) is 30.4 Å². The molecule has 1 heterocycles. The Kier molecular flexibility index (Phi) is 4.84. The van der Waals surface area contributed by atoms with E-state index in [-0.39, 0.29) is 5.91 Å². The highest BCUT2D eigenvalue weighted by Crippen LogP contribution is 2.31. The molecule has 0 atom stereocenters. The van der Waals surface area contributed by atoms with Gasteiger partial charge in [0.2, 0.25) is 0 Å². The molecule has 0 radical (unpaired) electrons. The van der Waals surface area contributed by atoms with Crippen LogP contribution in [0.25, 0.3) is 20.8 Å². The van der Waals surface area contributed by atoms with Crippen molar-refractivity contribution in [1.29, 1.82) is 0 Å². The maximum absolute atomic E-state index is 12.6. The average Bonchev–Trinajstić information content (AvgIpc) is 3.11. The van der Waals surface area contributed by atoms with Gasteiger partial charge in [-0.3, -0.25) is 4.79 Å². The second-order valence-electron chi connectivity index (χ2n) is 6.97. The number of benzene rings is 3. The van der Waals surface area contributed by atoms with Gasteiger partial charge in [0.15, 0.2) is 0 Å². The van der Waals surface area contributed by atoms with E-state index in [1.807, 2.05) is 67.5 Å². The van der Waals surface area contributed by atoms with Crippen molar-refractivity contribution in [2.75, 3.05) is 24.3 Å². The number of amides is 1. The summed E-state index contributed by atoms with van der Waals surface area (Å²) >= 11 is 1.68. The third kappa shape index (κ3) is 3.75. The summed E-state index contributed by atoms with van der Waals surface area (Å²) in [5, 5.41) is 3.95. The lowest BCUT2D eigenvalue weighted by Gasteiger charge is -2.13. The van der Waals surface area contributed by atoms with Crippen LogP contribution in [0.1, 0.15) is 15.9 Å². The third-order valence-corrected chi connectivity index (χ3v) is 5.63. The van der Waals surface area contributed by atoms with E-state index < -0.39 is 0 Å². The Morgan fingerprint density at radius 1 is 1.00 bits per heavy atom. The molecule has 0 aliphatic rings. The lowest BCUT2D eigenvalue weighted by atomic mass is 10.1. The quantitative estimate of drug-likeness (QED) is 0.496. The smallest absolute Gasteiger partial charge is 0.255 e. The zero-order valence-corrected chi connectivity index (χ0v) is 16.9. The average molecular weight is 388 g/mol. The van der Waals surface area contributed by atoms with E-state index in [0.29, 0.717) is 5.56 Å². The van der Waals surface area contributed by atoms with Crippen LogP contribution < -0.4 is 10.2 Å². The summed E-state index contributed by atoms with van der Waals surface area (Å²) < 4.78 is 1.19. The fourth-order valence-corrected chi connectivity index (χ4v) is 4.05. The van der Waals surface area contributed by atoms with Gasteiger partial charge in [0.05, 0.1) is 10.2 Å². The number of fused-ring (bicyclic) bond motifs is 1. The fraction of sp³-hybridized carbons (Fsp3) is 0.130. The Labute approximate surface area is 168 Å². The second-order valence-corrected chi connectivity index (χ2v) is 8.00. The zero-order valence-electron chi connectivity index (χ0n) is 16.1. The number of carbonyl (C=O) groups is 1. The van der Waals surface area contributed by atoms with Gasteiger partial charge in [-0.1, -0.05) is 12.1 Å². The molecule has 0 saturated carbocycles. The Bertz CT molecular complexity index is 1150. The van der Waals surface area contributed by atoms with E-state index in [1.54, 1.807) is 11.3 Å². The lowest BCUT2D eigenvalue weighted by Crippen LogP contribution is -2.14. The predicted molar refractivity (Wildman–Crippen MR) is 119 cm³/mol. The van der Waals surface area contributed by atoms with Crippen molar-refractivity contribution in [1.82, 2.24) is 4.98 Å². The first-order valence-corrected chi connectivity index (χ1v) is 9.87. The number of rotatable bonds is 4. The number of hydrogen-bond donors (Lipinski definition) is 1. The Balaban J connectivity index is 1.52. The van der Waals surface area contributed by atoms with Crippen LogP contribution in [0.15, 0.2) is 66.7 Å². The first-order valence-electron chi connectivity index (χ1n) is 9.06. The number of carbonyl (C=O) groups excluding carboxylic acids is 1. The molecule has 28 heavy (non-hydrogen) atoms. The molecule has 4 aromatic rings. The summed E-state index contributed by atoms with van der Waals surface area (Å²) in [6.45, 7) is 2.09. The highest BCUT2D eigenvalue weighted by atomic mass is 32.1. The molecule has 1 N–H and O–H groups in total. The van der Waals surface area contributed by atoms with Gasteiger partial charge in [0, 0.05) is 36.6 Å². The molecule has 4 rings (SSSR count). The first kappa shape index (κ1) is 18.2. The van der Waals surface area contributed by atoms with Gasteiger partial charge >= 0.3 is 0 Å². The molecule has 0 unspecified atom stereocenters. The molecule has 0 fully saturated rings. The SMILES string of the molecule is Cc1ccc2nc(-c3ccc(NC(=O)c4cccc(N(C)C)c4)cc3)sc2c1. The standard InChI is InChI=1S/C23H21N3OS/c1-15-7-12-20-21(13-15)28-23(25-20)16-8-10-18(11-9-16)24-22(27)17-5-4-6-19(14-17)26(2)3/h4-14H,1-3H3,(H,24,27). The van der Waals surface area contributed by atoms with Crippen molar-refractivity contribution in [2.24, 2.45) is 0 Å². The van der Waals surface area contributed by atoms with E-state index in [9.17, 15) is 4.79 Å². The molecule has 4 nitrogen and oxygen atoms in total. The van der Waals surface area contributed by atoms with Gasteiger partial charge in [-0.25, -0.2) is 4.98 Å². The number of nitrogens with zero attached hydrogens (tertiary/aromatic N) is 2. The fourth-order valence-electron chi connectivity index (χ4n) is 2.98. The number of anilines is 2. The van der Waals surface area contributed by atoms with Crippen LogP contribution in [-0.2, 0) is 0 Å². The lowest BCUT2D eigenvalue weighted by molar-refractivity contribution is 0.102. The van der Waals surface area contributed by atoms with E-state index in [1.165, 1.54) is 10.3 Å². The van der Waals surface area contributed by atoms with Crippen molar-refractivity contribution in [3.8, 4) is 10.6 Å². The summed E-state index contributed by atoms with van der Waals surface area (Å²) in [5.74, 6) is -0.119. The van der Waals surface area contributed by atoms with Crippen LogP contribution >= 0.6 is 11.3 Å². The van der Waals surface area contributed by atoms with Crippen LogP contribution in [-0.4, -0.2) is 25.0 Å². The molecule has 0 bridgehead atoms. The topological polar surface area (TPSA) is 45.2 Å². The molecule has 0 aliphatic carbocycles. The van der Waals surface area contributed by atoms with E-state index in [0.717, 1.165) is 27.5 Å². The molecule has 5 heteroatoms. The molecule has 1 aromatic heterocycles. The summed E-state index contributed by atoms with van der Waals surface area (Å²) in [5.41, 5.74) is 5.70. The summed E-state index contributed by atoms with van der Waals surface area (Å²) in [7, 11) is 3.91. The van der Waals surface area contributed by atoms with E-state index >= 15 is 0 Å². The molecule has 0 saturated heterocycles. The third-order valence-electron chi connectivity index (χ3n) is 4.56. The minimum atomic E-state index is -0.119. The molecule has 1 amide bonds. The highest BCUT2D eigenvalue weighted by Gasteiger charge is 2.09. The van der Waals surface area contributed by atoms with Crippen LogP contribution in [0.5, 0.6) is 0 Å². The van der Waals surface area contributed by atoms with Crippen LogP contribution in [0.2, 0.25) is 0 Å². The molecule has 140 valence electrons. The maximum atomic E-state index is 12.6. The van der Waals surface area contributed by atoms with Gasteiger partial charge in [-0.05, 0) is 67.1 Å². The van der Waals surface area contributed by atoms with Gasteiger partial charge in [-0.2, -0.15) is 0 Å². The van der Waals surface area contributed by atoms with Crippen molar-refractivity contribution in [2.45, 2.75) is 6.92 Å². The summed E-state index contributed by atoms with van der Waals surface area (Å²) in [4.78, 5) is 19.2. The largest absolute Gasteiger partial charge is 0.378 e. The van der Waals surface area contributed by atoms with Gasteiger partial charge in [0.25, 0.3) is 5.91 Å². The van der Waals surface area contributed by atoms with Crippen molar-refractivity contribution < 1.29 is 4.79 Å². The van der Waals surface area contributed by atoms with E-state index in [4.69, 9.17) is 4.98 Å². The normalized spacial score (nSPS) is 10.8. The van der Waals surface area contributed by atoms with Gasteiger partial charge < -0.3 is 10.2 Å². The molecule has 0 aliphatic heterocycles. The van der Waals surface area contributed by atoms with Gasteiger partial charge in [-0.15, -0.1) is 11.3 Å². The van der Waals surface area contributed by atoms with Crippen LogP contribution in [0.3, 0.4) is 0 Å². The molecule has 0 spiro atoms. The molecular formula is C23H21N3OS. The first-order chi connectivity index (χ1) is 13.5. The highest BCUT2D eigenvalue weighted by molar-refractivity contribution is 7.21. The van der Waals surface area contributed by atoms with Crippen LogP contribution in [0.4, 0.5) is 11.4 Å². The van der Waals surface area contributed by atoms with Crippen molar-refractivity contribution in [3.63, 3.8) is 0 Å². The maximum Gasteiger partial charge on any atom is 0.255 e. The zero-order chi connectivity index (χ0) is 19.7. The summed E-state index contributed by atoms with van der Waals surface area (Å²) in [6, 6.07) is 21.7. The van der Waals surface area contributed by atoms with Gasteiger partial charge in [0.1, 0.15) is 5.01 Å². The number of hydrogen-bond acceptors (Lipinski definition) is 4. The van der Waals surface area contributed by atoms with Crippen molar-refractivity contribution in [3.05, 3.63) is 77.9 Å². The number of nitrogens with one attached hydrogen (secondary N) is 1. The number of aromatic nitrogens is 1. The Morgan fingerprint density at radius 2 is 1.79 bits per heavy atom. The Morgan fingerprint density at radius 3 is 2.54 bits per heavy atom. The van der Waals surface area contributed by atoms with Crippen molar-refractivity contribution >= 4 is 38.8 Å². The summed E-state index contributed by atoms with van der Waals surface area (Å²) in [6.07, 6.45) is 0. The second kappa shape index (κ2) is 7.44. The minimum Gasteiger partial charge on any atom is -0.378 e. The monoisotopic (exact) mass is 387 g/mol. The number of thiazole rings is 1. The van der Waals surface area contributed by atoms with Crippen LogP contribution in [0, 0.1) is 6.92 Å². The Hall–Kier alpha value is -3.18. The number of aryl methyl sites for hydroxylation is 1. The predicted octanol–water partition coefficient (Wildman–Crippen LogP) is 5.59. The molecular weight excluding hydrogens is 366 g/mol.